The lowest BCUT2D eigenvalue weighted by Gasteiger charge is -2.33. The molecule has 2 atom stereocenters. The highest BCUT2D eigenvalue weighted by molar-refractivity contribution is 5.42. The van der Waals surface area contributed by atoms with Crippen LogP contribution in [0.5, 0.6) is 5.75 Å². The zero-order chi connectivity index (χ0) is 14.9. The van der Waals surface area contributed by atoms with Crippen LogP contribution in [0.15, 0.2) is 24.3 Å². The molecule has 1 saturated carbocycles. The molecule has 1 N–H and O–H groups in total. The first-order chi connectivity index (χ1) is 10.1. The fraction of sp³-hybridized carbons (Fsp3) is 0.684. The molecule has 1 unspecified atom stereocenters. The van der Waals surface area contributed by atoms with Crippen LogP contribution in [-0.2, 0) is 0 Å². The second kappa shape index (κ2) is 6.00. The molecule has 0 saturated heterocycles. The summed E-state index contributed by atoms with van der Waals surface area (Å²) in [6.07, 6.45) is 8.40. The van der Waals surface area contributed by atoms with E-state index in [-0.39, 0.29) is 5.60 Å². The molecular formula is C19H29NO. The summed E-state index contributed by atoms with van der Waals surface area (Å²) < 4.78 is 6.16. The zero-order valence-corrected chi connectivity index (χ0v) is 13.7. The Morgan fingerprint density at radius 3 is 2.48 bits per heavy atom. The molecule has 0 spiro atoms. The highest BCUT2D eigenvalue weighted by atomic mass is 16.5. The first-order valence-corrected chi connectivity index (χ1v) is 8.62. The Morgan fingerprint density at radius 1 is 1.10 bits per heavy atom. The van der Waals surface area contributed by atoms with Crippen molar-refractivity contribution in [3.8, 4) is 5.75 Å². The Kier molecular flexibility index (Phi) is 4.26. The van der Waals surface area contributed by atoms with Crippen LogP contribution in [0.3, 0.4) is 0 Å². The lowest BCUT2D eigenvalue weighted by Crippen LogP contribution is -2.45. The molecule has 1 aliphatic heterocycles. The molecule has 21 heavy (non-hydrogen) atoms. The van der Waals surface area contributed by atoms with E-state index in [1.54, 1.807) is 0 Å². The van der Waals surface area contributed by atoms with Crippen LogP contribution in [0.2, 0.25) is 0 Å². The number of hydrogen-bond donors (Lipinski definition) is 1. The van der Waals surface area contributed by atoms with E-state index >= 15 is 0 Å². The van der Waals surface area contributed by atoms with Crippen LogP contribution in [-0.4, -0.2) is 11.6 Å². The molecule has 1 aromatic carbocycles. The number of fused-ring (bicyclic) bond motifs is 1. The summed E-state index contributed by atoms with van der Waals surface area (Å²) in [6.45, 7) is 6.77. The highest BCUT2D eigenvalue weighted by Crippen LogP contribution is 2.43. The van der Waals surface area contributed by atoms with Crippen molar-refractivity contribution in [2.24, 2.45) is 5.92 Å². The predicted octanol–water partition coefficient (Wildman–Crippen LogP) is 4.85. The normalized spacial score (nSPS) is 26.7. The van der Waals surface area contributed by atoms with Crippen LogP contribution in [0.4, 0.5) is 0 Å². The van der Waals surface area contributed by atoms with Crippen molar-refractivity contribution < 1.29 is 4.74 Å². The Bertz CT molecular complexity index is 474. The molecule has 1 fully saturated rings. The van der Waals surface area contributed by atoms with Crippen molar-refractivity contribution in [1.29, 1.82) is 0 Å². The standard InChI is InChI=1S/C19H29NO/c1-14(15-10-6-4-5-7-11-15)20-18-16-12-8-9-13-17(16)21-19(18,2)3/h8-9,12-15,18,20H,4-7,10-11H2,1-3H3/t14-,18?/m1/s1. The Balaban J connectivity index is 1.73. The van der Waals surface area contributed by atoms with E-state index in [1.807, 2.05) is 0 Å². The quantitative estimate of drug-likeness (QED) is 0.803. The van der Waals surface area contributed by atoms with Crippen molar-refractivity contribution in [3.05, 3.63) is 29.8 Å². The third kappa shape index (κ3) is 3.11. The summed E-state index contributed by atoms with van der Waals surface area (Å²) in [5, 5.41) is 3.90. The van der Waals surface area contributed by atoms with Gasteiger partial charge in [0.1, 0.15) is 11.4 Å². The topological polar surface area (TPSA) is 21.3 Å². The van der Waals surface area contributed by atoms with Gasteiger partial charge in [0.15, 0.2) is 0 Å². The van der Waals surface area contributed by atoms with Crippen molar-refractivity contribution in [1.82, 2.24) is 5.32 Å². The molecule has 0 radical (unpaired) electrons. The summed E-state index contributed by atoms with van der Waals surface area (Å²) in [6, 6.07) is 9.34. The number of benzene rings is 1. The third-order valence-corrected chi connectivity index (χ3v) is 5.33. The number of rotatable bonds is 3. The van der Waals surface area contributed by atoms with Crippen molar-refractivity contribution in [3.63, 3.8) is 0 Å². The Hall–Kier alpha value is -1.02. The number of ether oxygens (including phenoxy) is 1. The van der Waals surface area contributed by atoms with E-state index in [4.69, 9.17) is 4.74 Å². The molecule has 2 aliphatic rings. The Labute approximate surface area is 129 Å². The van der Waals surface area contributed by atoms with E-state index in [9.17, 15) is 0 Å². The predicted molar refractivity (Wildman–Crippen MR) is 87.7 cm³/mol. The summed E-state index contributed by atoms with van der Waals surface area (Å²) in [4.78, 5) is 0. The second-order valence-corrected chi connectivity index (χ2v) is 7.38. The molecule has 116 valence electrons. The zero-order valence-electron chi connectivity index (χ0n) is 13.7. The first kappa shape index (κ1) is 14.9. The molecule has 1 aliphatic carbocycles. The van der Waals surface area contributed by atoms with Gasteiger partial charge in [-0.15, -0.1) is 0 Å². The molecule has 1 heterocycles. The van der Waals surface area contributed by atoms with Crippen LogP contribution < -0.4 is 10.1 Å². The molecule has 2 nitrogen and oxygen atoms in total. The van der Waals surface area contributed by atoms with Gasteiger partial charge in [0, 0.05) is 11.6 Å². The van der Waals surface area contributed by atoms with E-state index < -0.39 is 0 Å². The SMILES string of the molecule is C[C@@H](NC1c2ccccc2OC1(C)C)C1CCCCCC1. The highest BCUT2D eigenvalue weighted by Gasteiger charge is 2.41. The molecule has 1 aromatic rings. The van der Waals surface area contributed by atoms with Gasteiger partial charge in [-0.3, -0.25) is 0 Å². The van der Waals surface area contributed by atoms with E-state index in [0.29, 0.717) is 12.1 Å². The molecule has 3 rings (SSSR count). The van der Waals surface area contributed by atoms with Crippen LogP contribution >= 0.6 is 0 Å². The Morgan fingerprint density at radius 2 is 1.76 bits per heavy atom. The van der Waals surface area contributed by atoms with E-state index in [1.165, 1.54) is 44.1 Å². The van der Waals surface area contributed by atoms with Gasteiger partial charge in [-0.2, -0.15) is 0 Å². The average molecular weight is 287 g/mol. The lowest BCUT2D eigenvalue weighted by atomic mass is 9.89. The molecule has 0 bridgehead atoms. The number of hydrogen-bond acceptors (Lipinski definition) is 2. The largest absolute Gasteiger partial charge is 0.486 e. The molecule has 2 heteroatoms. The third-order valence-electron chi connectivity index (χ3n) is 5.33. The van der Waals surface area contributed by atoms with Gasteiger partial charge in [0.25, 0.3) is 0 Å². The van der Waals surface area contributed by atoms with Gasteiger partial charge >= 0.3 is 0 Å². The minimum absolute atomic E-state index is 0.164. The summed E-state index contributed by atoms with van der Waals surface area (Å²) in [5.74, 6) is 1.86. The molecule has 0 aromatic heterocycles. The van der Waals surface area contributed by atoms with E-state index in [2.05, 4.69) is 50.4 Å². The van der Waals surface area contributed by atoms with Gasteiger partial charge < -0.3 is 10.1 Å². The fourth-order valence-corrected chi connectivity index (χ4v) is 4.03. The maximum atomic E-state index is 6.16. The fourth-order valence-electron chi connectivity index (χ4n) is 4.03. The average Bonchev–Trinajstić information content (AvgIpc) is 2.64. The summed E-state index contributed by atoms with van der Waals surface area (Å²) in [5.41, 5.74) is 1.16. The van der Waals surface area contributed by atoms with Gasteiger partial charge in [0.2, 0.25) is 0 Å². The van der Waals surface area contributed by atoms with Crippen LogP contribution in [0.1, 0.15) is 70.9 Å². The monoisotopic (exact) mass is 287 g/mol. The summed E-state index contributed by atoms with van der Waals surface area (Å²) in [7, 11) is 0. The smallest absolute Gasteiger partial charge is 0.125 e. The summed E-state index contributed by atoms with van der Waals surface area (Å²) >= 11 is 0. The van der Waals surface area contributed by atoms with Gasteiger partial charge in [0.05, 0.1) is 6.04 Å². The maximum Gasteiger partial charge on any atom is 0.125 e. The minimum Gasteiger partial charge on any atom is -0.486 e. The van der Waals surface area contributed by atoms with Crippen LogP contribution in [0.25, 0.3) is 0 Å². The first-order valence-electron chi connectivity index (χ1n) is 8.62. The van der Waals surface area contributed by atoms with Gasteiger partial charge in [-0.05, 0) is 45.6 Å². The van der Waals surface area contributed by atoms with Gasteiger partial charge in [-0.25, -0.2) is 0 Å². The van der Waals surface area contributed by atoms with E-state index in [0.717, 1.165) is 11.7 Å². The number of para-hydroxylation sites is 1. The van der Waals surface area contributed by atoms with Crippen molar-refractivity contribution >= 4 is 0 Å². The van der Waals surface area contributed by atoms with Crippen molar-refractivity contribution in [2.75, 3.05) is 0 Å². The van der Waals surface area contributed by atoms with Crippen LogP contribution in [0, 0.1) is 5.92 Å². The lowest BCUT2D eigenvalue weighted by molar-refractivity contribution is 0.0866. The molecular weight excluding hydrogens is 258 g/mol. The molecule has 0 amide bonds. The maximum absolute atomic E-state index is 6.16. The minimum atomic E-state index is -0.164. The van der Waals surface area contributed by atoms with Crippen molar-refractivity contribution in [2.45, 2.75) is 77.0 Å². The second-order valence-electron chi connectivity index (χ2n) is 7.38. The number of nitrogens with one attached hydrogen (secondary N) is 1. The van der Waals surface area contributed by atoms with Gasteiger partial charge in [-0.1, -0.05) is 43.9 Å².